The molecule has 0 fully saturated rings. The van der Waals surface area contributed by atoms with E-state index in [9.17, 15) is 4.79 Å². The van der Waals surface area contributed by atoms with E-state index in [-0.39, 0.29) is 5.69 Å². The first kappa shape index (κ1) is 13.4. The summed E-state index contributed by atoms with van der Waals surface area (Å²) in [5.41, 5.74) is 0.689. The molecule has 0 bridgehead atoms. The molecule has 1 heterocycles. The van der Waals surface area contributed by atoms with Crippen molar-refractivity contribution in [2.45, 2.75) is 33.6 Å². The van der Waals surface area contributed by atoms with Crippen LogP contribution in [0.2, 0.25) is 0 Å². The number of aryl methyl sites for hydroxylation is 1. The van der Waals surface area contributed by atoms with Crippen molar-refractivity contribution < 1.29 is 9.90 Å². The zero-order valence-corrected chi connectivity index (χ0v) is 10.5. The van der Waals surface area contributed by atoms with Crippen molar-refractivity contribution in [3.8, 4) is 0 Å². The van der Waals surface area contributed by atoms with Crippen molar-refractivity contribution in [1.82, 2.24) is 9.97 Å². The second-order valence-electron chi connectivity index (χ2n) is 4.09. The number of hydrogen-bond donors (Lipinski definition) is 2. The van der Waals surface area contributed by atoms with Gasteiger partial charge < -0.3 is 10.4 Å². The van der Waals surface area contributed by atoms with Crippen molar-refractivity contribution in [2.75, 3.05) is 11.9 Å². The molecule has 1 rings (SSSR count). The van der Waals surface area contributed by atoms with Crippen molar-refractivity contribution in [2.24, 2.45) is 5.92 Å². The number of anilines is 1. The molecule has 0 amide bonds. The van der Waals surface area contributed by atoms with Crippen molar-refractivity contribution in [3.05, 3.63) is 17.5 Å². The number of nitrogens with zero attached hydrogens (tertiary/aromatic N) is 2. The Bertz CT molecular complexity index is 389. The summed E-state index contributed by atoms with van der Waals surface area (Å²) >= 11 is 0. The van der Waals surface area contributed by atoms with Gasteiger partial charge in [0.2, 0.25) is 5.95 Å². The molecule has 5 nitrogen and oxygen atoms in total. The molecule has 0 aliphatic heterocycles. The highest BCUT2D eigenvalue weighted by Crippen LogP contribution is 2.10. The van der Waals surface area contributed by atoms with E-state index >= 15 is 0 Å². The molecule has 1 aromatic rings. The Morgan fingerprint density at radius 3 is 2.59 bits per heavy atom. The van der Waals surface area contributed by atoms with Gasteiger partial charge >= 0.3 is 5.97 Å². The third kappa shape index (κ3) is 4.01. The predicted molar refractivity (Wildman–Crippen MR) is 66.3 cm³/mol. The second-order valence-corrected chi connectivity index (χ2v) is 4.09. The van der Waals surface area contributed by atoms with Crippen LogP contribution in [-0.4, -0.2) is 27.6 Å². The molecule has 17 heavy (non-hydrogen) atoms. The van der Waals surface area contributed by atoms with Gasteiger partial charge in [-0.2, -0.15) is 0 Å². The zero-order valence-electron chi connectivity index (χ0n) is 10.5. The van der Waals surface area contributed by atoms with Crippen molar-refractivity contribution in [1.29, 1.82) is 0 Å². The van der Waals surface area contributed by atoms with Gasteiger partial charge in [-0.25, -0.2) is 14.8 Å². The van der Waals surface area contributed by atoms with Crippen LogP contribution in [0.15, 0.2) is 6.07 Å². The Morgan fingerprint density at radius 1 is 1.41 bits per heavy atom. The summed E-state index contributed by atoms with van der Waals surface area (Å²) in [4.78, 5) is 19.0. The minimum absolute atomic E-state index is 0.0320. The summed E-state index contributed by atoms with van der Waals surface area (Å²) in [6.45, 7) is 6.80. The molecule has 0 unspecified atom stereocenters. The highest BCUT2D eigenvalue weighted by molar-refractivity contribution is 5.85. The van der Waals surface area contributed by atoms with Crippen LogP contribution >= 0.6 is 0 Å². The summed E-state index contributed by atoms with van der Waals surface area (Å²) in [7, 11) is 0. The van der Waals surface area contributed by atoms with Crippen LogP contribution in [0.1, 0.15) is 42.9 Å². The molecular formula is C12H19N3O2. The fourth-order valence-electron chi connectivity index (χ4n) is 1.57. The number of rotatable bonds is 6. The fraction of sp³-hybridized carbons (Fsp3) is 0.583. The quantitative estimate of drug-likeness (QED) is 0.794. The van der Waals surface area contributed by atoms with Gasteiger partial charge in [-0.1, -0.05) is 26.7 Å². The average Bonchev–Trinajstić information content (AvgIpc) is 2.29. The molecule has 94 valence electrons. The van der Waals surface area contributed by atoms with Crippen LogP contribution in [0.25, 0.3) is 0 Å². The van der Waals surface area contributed by atoms with Gasteiger partial charge in [0.05, 0.1) is 0 Å². The second kappa shape index (κ2) is 6.18. The van der Waals surface area contributed by atoms with E-state index in [0.717, 1.165) is 19.4 Å². The third-order valence-electron chi connectivity index (χ3n) is 2.78. The van der Waals surface area contributed by atoms with E-state index in [1.54, 1.807) is 6.92 Å². The van der Waals surface area contributed by atoms with E-state index in [4.69, 9.17) is 5.11 Å². The highest BCUT2D eigenvalue weighted by atomic mass is 16.4. The third-order valence-corrected chi connectivity index (χ3v) is 2.78. The Hall–Kier alpha value is -1.65. The maximum Gasteiger partial charge on any atom is 0.354 e. The van der Waals surface area contributed by atoms with Crippen LogP contribution in [-0.2, 0) is 0 Å². The average molecular weight is 237 g/mol. The summed E-state index contributed by atoms with van der Waals surface area (Å²) in [5.74, 6) is -0.0669. The Labute approximate surface area is 101 Å². The van der Waals surface area contributed by atoms with Crippen LogP contribution in [0.4, 0.5) is 5.95 Å². The molecule has 0 saturated heterocycles. The van der Waals surface area contributed by atoms with Crippen molar-refractivity contribution >= 4 is 11.9 Å². The summed E-state index contributed by atoms with van der Waals surface area (Å²) in [6.07, 6.45) is 2.17. The summed E-state index contributed by atoms with van der Waals surface area (Å²) in [6, 6.07) is 1.46. The molecule has 0 radical (unpaired) electrons. The molecule has 0 aliphatic carbocycles. The Balaban J connectivity index is 2.74. The van der Waals surface area contributed by atoms with E-state index in [1.807, 2.05) is 0 Å². The molecule has 1 aromatic heterocycles. The SMILES string of the molecule is CCC(CC)CNc1nc(C)cc(C(=O)O)n1. The van der Waals surface area contributed by atoms with Crippen LogP contribution in [0, 0.1) is 12.8 Å². The molecule has 0 atom stereocenters. The van der Waals surface area contributed by atoms with Gasteiger partial charge in [0, 0.05) is 12.2 Å². The predicted octanol–water partition coefficient (Wildman–Crippen LogP) is 2.33. The van der Waals surface area contributed by atoms with Crippen LogP contribution < -0.4 is 5.32 Å². The van der Waals surface area contributed by atoms with Gasteiger partial charge in [-0.05, 0) is 18.9 Å². The molecule has 0 spiro atoms. The number of aromatic nitrogens is 2. The number of nitrogens with one attached hydrogen (secondary N) is 1. The van der Waals surface area contributed by atoms with E-state index in [2.05, 4.69) is 29.1 Å². The molecule has 0 aromatic carbocycles. The minimum atomic E-state index is -1.03. The number of aromatic carboxylic acids is 1. The van der Waals surface area contributed by atoms with Gasteiger partial charge in [-0.3, -0.25) is 0 Å². The first-order chi connectivity index (χ1) is 8.06. The molecule has 0 aliphatic rings. The molecule has 2 N–H and O–H groups in total. The Kier molecular flexibility index (Phi) is 4.87. The van der Waals surface area contributed by atoms with E-state index in [1.165, 1.54) is 6.07 Å². The molecule has 5 heteroatoms. The van der Waals surface area contributed by atoms with E-state index in [0.29, 0.717) is 17.6 Å². The highest BCUT2D eigenvalue weighted by Gasteiger charge is 2.09. The smallest absolute Gasteiger partial charge is 0.354 e. The van der Waals surface area contributed by atoms with Gasteiger partial charge in [0.15, 0.2) is 5.69 Å². The molecule has 0 saturated carbocycles. The number of carboxylic acid groups (broad SMARTS) is 1. The van der Waals surface area contributed by atoms with Gasteiger partial charge in [0.1, 0.15) is 0 Å². The number of hydrogen-bond acceptors (Lipinski definition) is 4. The van der Waals surface area contributed by atoms with Gasteiger partial charge in [-0.15, -0.1) is 0 Å². The topological polar surface area (TPSA) is 75.1 Å². The first-order valence-corrected chi connectivity index (χ1v) is 5.89. The lowest BCUT2D eigenvalue weighted by Crippen LogP contribution is -2.16. The fourth-order valence-corrected chi connectivity index (χ4v) is 1.57. The lowest BCUT2D eigenvalue weighted by atomic mass is 10.0. The zero-order chi connectivity index (χ0) is 12.8. The lowest BCUT2D eigenvalue weighted by Gasteiger charge is -2.13. The first-order valence-electron chi connectivity index (χ1n) is 5.89. The number of carboxylic acids is 1. The monoisotopic (exact) mass is 237 g/mol. The Morgan fingerprint density at radius 2 is 2.06 bits per heavy atom. The number of carbonyl (C=O) groups is 1. The lowest BCUT2D eigenvalue weighted by molar-refractivity contribution is 0.0690. The van der Waals surface area contributed by atoms with Crippen molar-refractivity contribution in [3.63, 3.8) is 0 Å². The maximum absolute atomic E-state index is 10.8. The van der Waals surface area contributed by atoms with E-state index < -0.39 is 5.97 Å². The standard InChI is InChI=1S/C12H19N3O2/c1-4-9(5-2)7-13-12-14-8(3)6-10(15-12)11(16)17/h6,9H,4-5,7H2,1-3H3,(H,16,17)(H,13,14,15). The van der Waals surface area contributed by atoms with Crippen LogP contribution in [0.3, 0.4) is 0 Å². The minimum Gasteiger partial charge on any atom is -0.477 e. The summed E-state index contributed by atoms with van der Waals surface area (Å²) in [5, 5.41) is 12.0. The van der Waals surface area contributed by atoms with Crippen LogP contribution in [0.5, 0.6) is 0 Å². The normalized spacial score (nSPS) is 10.6. The largest absolute Gasteiger partial charge is 0.477 e. The summed E-state index contributed by atoms with van der Waals surface area (Å²) < 4.78 is 0. The molecular weight excluding hydrogens is 218 g/mol. The van der Waals surface area contributed by atoms with Gasteiger partial charge in [0.25, 0.3) is 0 Å². The maximum atomic E-state index is 10.8.